The number of rotatable bonds is 3. The largest absolute Gasteiger partial charge is 0.479 e. The van der Waals surface area contributed by atoms with Crippen molar-refractivity contribution in [2.75, 3.05) is 19.6 Å². The molecule has 4 aliphatic carbocycles. The normalized spacial score (nSPS) is 44.3. The highest BCUT2D eigenvalue weighted by Crippen LogP contribution is 2.60. The molecule has 6 aliphatic rings. The van der Waals surface area contributed by atoms with Crippen LogP contribution in [0.5, 0.6) is 0 Å². The number of amides is 2. The molecule has 2 unspecified atom stereocenters. The van der Waals surface area contributed by atoms with Crippen molar-refractivity contribution in [2.45, 2.75) is 69.5 Å². The molecule has 0 aromatic rings. The first-order valence-corrected chi connectivity index (χ1v) is 10.8. The minimum Gasteiger partial charge on any atom is -0.479 e. The van der Waals surface area contributed by atoms with Crippen LogP contribution in [0.3, 0.4) is 0 Å². The maximum atomic E-state index is 14.4. The van der Waals surface area contributed by atoms with Crippen LogP contribution < -0.4 is 0 Å². The predicted molar refractivity (Wildman–Crippen MR) is 98.0 cm³/mol. The van der Waals surface area contributed by atoms with Crippen LogP contribution in [-0.2, 0) is 14.4 Å². The molecule has 4 bridgehead atoms. The molecule has 0 spiro atoms. The zero-order valence-electron chi connectivity index (χ0n) is 16.2. The van der Waals surface area contributed by atoms with Gasteiger partial charge in [-0.2, -0.15) is 0 Å². The van der Waals surface area contributed by atoms with Crippen LogP contribution in [-0.4, -0.2) is 64.0 Å². The van der Waals surface area contributed by atoms with E-state index in [0.717, 1.165) is 25.7 Å². The fraction of sp³-hybridized carbons (Fsp3) is 0.857. The molecule has 154 valence electrons. The van der Waals surface area contributed by atoms with Crippen molar-refractivity contribution in [2.24, 2.45) is 23.2 Å². The van der Waals surface area contributed by atoms with E-state index in [0.29, 0.717) is 30.7 Å². The molecule has 2 saturated heterocycles. The highest BCUT2D eigenvalue weighted by Gasteiger charge is 2.57. The Hall–Kier alpha value is -1.66. The molecule has 2 amide bonds. The van der Waals surface area contributed by atoms with E-state index in [1.165, 1.54) is 24.2 Å². The molecule has 1 N–H and O–H groups in total. The monoisotopic (exact) mass is 392 g/mol. The van der Waals surface area contributed by atoms with Gasteiger partial charge in [0, 0.05) is 19.5 Å². The molecule has 28 heavy (non-hydrogen) atoms. The van der Waals surface area contributed by atoms with Gasteiger partial charge >= 0.3 is 5.97 Å². The fourth-order valence-corrected chi connectivity index (χ4v) is 7.29. The van der Waals surface area contributed by atoms with Crippen molar-refractivity contribution < 1.29 is 23.9 Å². The van der Waals surface area contributed by atoms with Gasteiger partial charge in [0.1, 0.15) is 6.04 Å². The van der Waals surface area contributed by atoms with Gasteiger partial charge in [0.05, 0.1) is 12.0 Å². The summed E-state index contributed by atoms with van der Waals surface area (Å²) in [7, 11) is 0. The van der Waals surface area contributed by atoms with E-state index in [2.05, 4.69) is 0 Å². The van der Waals surface area contributed by atoms with Crippen LogP contribution >= 0.6 is 0 Å². The molecule has 2 aliphatic heterocycles. The quantitative estimate of drug-likeness (QED) is 0.799. The Labute approximate surface area is 164 Å². The fourth-order valence-electron chi connectivity index (χ4n) is 7.29. The molecular weight excluding hydrogens is 363 g/mol. The Balaban J connectivity index is 1.33. The van der Waals surface area contributed by atoms with Crippen molar-refractivity contribution in [3.8, 4) is 0 Å². The lowest BCUT2D eigenvalue weighted by atomic mass is 9.49. The summed E-state index contributed by atoms with van der Waals surface area (Å²) < 4.78 is 14.4. The number of halogens is 1. The molecule has 6 rings (SSSR count). The maximum Gasteiger partial charge on any atom is 0.343 e. The SMILES string of the molecule is O=C(C1CCCN1C(=O)C12CC3CC(CC(C3)C1)C2)N1CCC(F)(C(=O)O)C1. The Bertz CT molecular complexity index is 690. The lowest BCUT2D eigenvalue weighted by Gasteiger charge is -2.56. The first kappa shape index (κ1) is 18.4. The van der Waals surface area contributed by atoms with Gasteiger partial charge in [-0.3, -0.25) is 9.59 Å². The predicted octanol–water partition coefficient (Wildman–Crippen LogP) is 2.22. The number of carboxylic acid groups (broad SMARTS) is 1. The Morgan fingerprint density at radius 3 is 2.11 bits per heavy atom. The van der Waals surface area contributed by atoms with E-state index in [4.69, 9.17) is 5.11 Å². The molecule has 0 aromatic heterocycles. The second-order valence-corrected chi connectivity index (χ2v) is 10.1. The molecule has 2 heterocycles. The minimum atomic E-state index is -2.36. The number of carboxylic acids is 1. The van der Waals surface area contributed by atoms with Crippen molar-refractivity contribution in [1.82, 2.24) is 9.80 Å². The van der Waals surface area contributed by atoms with Gasteiger partial charge in [0.15, 0.2) is 0 Å². The second-order valence-electron chi connectivity index (χ2n) is 10.1. The zero-order valence-corrected chi connectivity index (χ0v) is 16.2. The molecule has 0 aromatic carbocycles. The maximum absolute atomic E-state index is 14.4. The minimum absolute atomic E-state index is 0.109. The highest BCUT2D eigenvalue weighted by molar-refractivity contribution is 5.92. The van der Waals surface area contributed by atoms with Crippen LogP contribution in [0.15, 0.2) is 0 Å². The summed E-state index contributed by atoms with van der Waals surface area (Å²) in [5.41, 5.74) is -2.64. The standard InChI is InChI=1S/C21H29FN2O4/c22-21(19(27)28)3-5-23(12-21)17(25)16-2-1-4-24(16)18(26)20-9-13-6-14(10-20)8-15(7-13)11-20/h13-16H,1-12H2,(H,27,28). The summed E-state index contributed by atoms with van der Waals surface area (Å²) in [6, 6.07) is -0.545. The third-order valence-corrected chi connectivity index (χ3v) is 8.21. The van der Waals surface area contributed by atoms with Gasteiger partial charge in [0.2, 0.25) is 17.5 Å². The van der Waals surface area contributed by atoms with E-state index in [-0.39, 0.29) is 30.2 Å². The number of carbonyl (C=O) groups excluding carboxylic acids is 2. The van der Waals surface area contributed by atoms with Crippen LogP contribution in [0.2, 0.25) is 0 Å². The molecule has 4 saturated carbocycles. The molecule has 6 fully saturated rings. The Morgan fingerprint density at radius 1 is 0.964 bits per heavy atom. The second kappa shape index (κ2) is 6.17. The Kier molecular flexibility index (Phi) is 4.05. The third-order valence-electron chi connectivity index (χ3n) is 8.21. The van der Waals surface area contributed by atoms with Crippen LogP contribution in [0.25, 0.3) is 0 Å². The third kappa shape index (κ3) is 2.68. The van der Waals surface area contributed by atoms with Gasteiger partial charge < -0.3 is 14.9 Å². The van der Waals surface area contributed by atoms with E-state index < -0.39 is 24.2 Å². The number of hydrogen-bond donors (Lipinski definition) is 1. The zero-order chi connectivity index (χ0) is 19.7. The first-order chi connectivity index (χ1) is 13.3. The van der Waals surface area contributed by atoms with Crippen molar-refractivity contribution in [1.29, 1.82) is 0 Å². The summed E-state index contributed by atoms with van der Waals surface area (Å²) in [5.74, 6) is 0.355. The van der Waals surface area contributed by atoms with E-state index >= 15 is 0 Å². The summed E-state index contributed by atoms with van der Waals surface area (Å²) in [6.45, 7) is 0.291. The average molecular weight is 392 g/mol. The molecule has 7 heteroatoms. The van der Waals surface area contributed by atoms with Crippen molar-refractivity contribution in [3.63, 3.8) is 0 Å². The summed E-state index contributed by atoms with van der Waals surface area (Å²) in [6.07, 6.45) is 7.87. The number of alkyl halides is 1. The first-order valence-electron chi connectivity index (χ1n) is 10.8. The van der Waals surface area contributed by atoms with Gasteiger partial charge in [-0.25, -0.2) is 9.18 Å². The summed E-state index contributed by atoms with van der Waals surface area (Å²) in [5, 5.41) is 9.10. The smallest absolute Gasteiger partial charge is 0.343 e. The molecule has 2 atom stereocenters. The van der Waals surface area contributed by atoms with Crippen molar-refractivity contribution in [3.05, 3.63) is 0 Å². The van der Waals surface area contributed by atoms with Gasteiger partial charge in [-0.15, -0.1) is 0 Å². The van der Waals surface area contributed by atoms with Gasteiger partial charge in [-0.05, 0) is 69.1 Å². The van der Waals surface area contributed by atoms with Crippen LogP contribution in [0, 0.1) is 23.2 Å². The number of carbonyl (C=O) groups is 3. The number of aliphatic carboxylic acids is 1. The van der Waals surface area contributed by atoms with E-state index in [1.807, 2.05) is 0 Å². The van der Waals surface area contributed by atoms with Crippen LogP contribution in [0.1, 0.15) is 57.8 Å². The van der Waals surface area contributed by atoms with E-state index in [9.17, 15) is 18.8 Å². The lowest BCUT2D eigenvalue weighted by Crippen LogP contribution is -2.57. The number of nitrogens with zero attached hydrogens (tertiary/aromatic N) is 2. The molecule has 6 nitrogen and oxygen atoms in total. The number of hydrogen-bond acceptors (Lipinski definition) is 3. The Morgan fingerprint density at radius 2 is 1.57 bits per heavy atom. The van der Waals surface area contributed by atoms with E-state index in [1.54, 1.807) is 4.90 Å². The molecule has 0 radical (unpaired) electrons. The van der Waals surface area contributed by atoms with Crippen LogP contribution in [0.4, 0.5) is 4.39 Å². The highest BCUT2D eigenvalue weighted by atomic mass is 19.1. The molecular formula is C21H29FN2O4. The summed E-state index contributed by atoms with van der Waals surface area (Å²) >= 11 is 0. The summed E-state index contributed by atoms with van der Waals surface area (Å²) in [4.78, 5) is 41.0. The average Bonchev–Trinajstić information content (AvgIpc) is 3.27. The van der Waals surface area contributed by atoms with Crippen molar-refractivity contribution >= 4 is 17.8 Å². The topological polar surface area (TPSA) is 77.9 Å². The lowest BCUT2D eigenvalue weighted by molar-refractivity contribution is -0.162. The van der Waals surface area contributed by atoms with Gasteiger partial charge in [-0.1, -0.05) is 0 Å². The van der Waals surface area contributed by atoms with Gasteiger partial charge in [0.25, 0.3) is 0 Å². The number of likely N-dealkylation sites (tertiary alicyclic amines) is 2.